The quantitative estimate of drug-likeness (QED) is 0.327. The molecule has 68 valence electrons. The number of hydrogen-bond donors (Lipinski definition) is 0. The van der Waals surface area contributed by atoms with Crippen molar-refractivity contribution in [1.82, 2.24) is 0 Å². The largest absolute Gasteiger partial charge is 0.368 e. The zero-order valence-electron chi connectivity index (χ0n) is 4.52. The maximum atomic E-state index is 5.67. The number of hydrogen-bond acceptors (Lipinski definition) is 0. The Morgan fingerprint density at radius 2 is 0.909 bits per heavy atom. The van der Waals surface area contributed by atoms with Gasteiger partial charge in [0, 0.05) is 0 Å². The molecule has 0 fully saturated rings. The standard InChI is InChI=1S/CBr2Cl6Si2/c2-1(3,10(4,5)6)11(7,8)9. The van der Waals surface area contributed by atoms with Gasteiger partial charge in [-0.05, 0) is 0 Å². The van der Waals surface area contributed by atoms with E-state index >= 15 is 0 Å². The molecule has 0 spiro atoms. The predicted molar refractivity (Wildman–Crippen MR) is 67.2 cm³/mol. The third-order valence-electron chi connectivity index (χ3n) is 0.712. The molecular weight excluding hydrogens is 441 g/mol. The maximum absolute atomic E-state index is 5.67. The molecule has 0 rings (SSSR count). The minimum atomic E-state index is -3.10. The molecule has 11 heavy (non-hydrogen) atoms. The summed E-state index contributed by atoms with van der Waals surface area (Å²) in [5.74, 6) is 0. The van der Waals surface area contributed by atoms with Crippen LogP contribution >= 0.6 is 98.3 Å². The molecule has 10 heteroatoms. The zero-order valence-corrected chi connectivity index (χ0v) is 14.2. The van der Waals surface area contributed by atoms with Gasteiger partial charge in [0.25, 0.3) is 0 Å². The lowest BCUT2D eigenvalue weighted by Crippen LogP contribution is -2.50. The molecule has 0 atom stereocenters. The molecule has 0 N–H and O–H groups in total. The van der Waals surface area contributed by atoms with Crippen LogP contribution < -0.4 is 0 Å². The summed E-state index contributed by atoms with van der Waals surface area (Å²) in [6.07, 6.45) is 0. The van der Waals surface area contributed by atoms with Crippen LogP contribution in [-0.2, 0) is 0 Å². The number of halogens is 8. The van der Waals surface area contributed by atoms with E-state index in [0.29, 0.717) is 0 Å². The van der Waals surface area contributed by atoms with E-state index in [0.717, 1.165) is 0 Å². The van der Waals surface area contributed by atoms with E-state index in [4.69, 9.17) is 66.5 Å². The number of rotatable bonds is 2. The van der Waals surface area contributed by atoms with Crippen LogP contribution in [0.1, 0.15) is 0 Å². The summed E-state index contributed by atoms with van der Waals surface area (Å²) in [4.78, 5) is 0. The van der Waals surface area contributed by atoms with Gasteiger partial charge in [-0.25, -0.2) is 0 Å². The Morgan fingerprint density at radius 3 is 0.909 bits per heavy atom. The Hall–Kier alpha value is 3.13. The molecule has 0 amide bonds. The van der Waals surface area contributed by atoms with Crippen LogP contribution in [0.25, 0.3) is 0 Å². The molecule has 0 aromatic rings. The van der Waals surface area contributed by atoms with Crippen molar-refractivity contribution < 1.29 is 0 Å². The lowest BCUT2D eigenvalue weighted by Gasteiger charge is -2.30. The second kappa shape index (κ2) is 4.33. The summed E-state index contributed by atoms with van der Waals surface area (Å²) in [5.41, 5.74) is 0. The van der Waals surface area contributed by atoms with E-state index in [-0.39, 0.29) is 0 Å². The molecule has 0 aromatic heterocycles. The van der Waals surface area contributed by atoms with Crippen molar-refractivity contribution in [2.75, 3.05) is 0 Å². The maximum Gasteiger partial charge on any atom is 0.368 e. The zero-order chi connectivity index (χ0) is 9.50. The highest BCUT2D eigenvalue weighted by atomic mass is 79.9. The molecule has 0 bridgehead atoms. The third kappa shape index (κ3) is 3.65. The molecule has 0 heterocycles. The van der Waals surface area contributed by atoms with Crippen molar-refractivity contribution in [2.24, 2.45) is 0 Å². The van der Waals surface area contributed by atoms with Gasteiger partial charge >= 0.3 is 12.0 Å². The van der Waals surface area contributed by atoms with Crippen molar-refractivity contribution in [3.63, 3.8) is 0 Å². The van der Waals surface area contributed by atoms with Crippen LogP contribution in [0.15, 0.2) is 0 Å². The van der Waals surface area contributed by atoms with E-state index in [2.05, 4.69) is 31.9 Å². The van der Waals surface area contributed by atoms with Crippen molar-refractivity contribution in [3.05, 3.63) is 0 Å². The molecule has 0 radical (unpaired) electrons. The summed E-state index contributed by atoms with van der Waals surface area (Å²) >= 11 is 40.1. The second-order valence-corrected chi connectivity index (χ2v) is 25.6. The Morgan fingerprint density at radius 1 is 0.727 bits per heavy atom. The van der Waals surface area contributed by atoms with E-state index in [1.807, 2.05) is 0 Å². The summed E-state index contributed by atoms with van der Waals surface area (Å²) < 4.78 is -1.13. The van der Waals surface area contributed by atoms with Gasteiger partial charge in [0.15, 0.2) is 2.48 Å². The summed E-state index contributed by atoms with van der Waals surface area (Å²) in [7, 11) is 0. The SMILES string of the molecule is Cl[Si](Cl)(Cl)C(Br)(Br)[Si](Cl)(Cl)Cl. The van der Waals surface area contributed by atoms with Gasteiger partial charge in [-0.3, -0.25) is 0 Å². The second-order valence-electron chi connectivity index (χ2n) is 1.57. The predicted octanol–water partition coefficient (Wildman–Crippen LogP) is 4.86. The first-order valence-corrected chi connectivity index (χ1v) is 13.7. The van der Waals surface area contributed by atoms with Crippen LogP contribution in [0.2, 0.25) is 0 Å². The lowest BCUT2D eigenvalue weighted by atomic mass is 11.9. The van der Waals surface area contributed by atoms with E-state index in [1.54, 1.807) is 0 Å². The topological polar surface area (TPSA) is 0 Å². The summed E-state index contributed by atoms with van der Waals surface area (Å²) in [6.45, 7) is 0. The van der Waals surface area contributed by atoms with Gasteiger partial charge in [-0.1, -0.05) is 31.9 Å². The first-order valence-electron chi connectivity index (χ1n) is 2.01. The van der Waals surface area contributed by atoms with Gasteiger partial charge in [0.2, 0.25) is 0 Å². The molecule has 0 nitrogen and oxygen atoms in total. The average Bonchev–Trinajstić information content (AvgIpc) is 1.58. The molecule has 0 unspecified atom stereocenters. The Balaban J connectivity index is 4.75. The summed E-state index contributed by atoms with van der Waals surface area (Å²) in [5, 5.41) is 0. The first-order chi connectivity index (χ1) is 4.50. The highest BCUT2D eigenvalue weighted by Gasteiger charge is 2.63. The Bertz CT molecular complexity index is 130. The highest BCUT2D eigenvalue weighted by molar-refractivity contribution is 9.27. The highest BCUT2D eigenvalue weighted by Crippen LogP contribution is 2.54. The van der Waals surface area contributed by atoms with E-state index in [1.165, 1.54) is 0 Å². The molecular formula is CBr2Cl6Si2. The minimum absolute atomic E-state index is 1.13. The minimum Gasteiger partial charge on any atom is -0.124 e. The molecule has 0 aliphatic rings. The molecule has 0 saturated heterocycles. The summed E-state index contributed by atoms with van der Waals surface area (Å²) in [6, 6.07) is -6.21. The van der Waals surface area contributed by atoms with Crippen LogP contribution in [0.4, 0.5) is 0 Å². The van der Waals surface area contributed by atoms with E-state index in [9.17, 15) is 0 Å². The average molecular weight is 441 g/mol. The van der Waals surface area contributed by atoms with Crippen molar-refractivity contribution in [3.8, 4) is 0 Å². The fourth-order valence-corrected chi connectivity index (χ4v) is 13.0. The van der Waals surface area contributed by atoms with Crippen LogP contribution in [0.5, 0.6) is 0 Å². The molecule has 0 aliphatic carbocycles. The van der Waals surface area contributed by atoms with E-state index < -0.39 is 14.5 Å². The van der Waals surface area contributed by atoms with Gasteiger partial charge in [0.1, 0.15) is 0 Å². The Labute approximate surface area is 111 Å². The van der Waals surface area contributed by atoms with Gasteiger partial charge < -0.3 is 0 Å². The van der Waals surface area contributed by atoms with Gasteiger partial charge in [-0.15, -0.1) is 66.5 Å². The molecule has 0 aromatic carbocycles. The fourth-order valence-electron chi connectivity index (χ4n) is 0.161. The Kier molecular flexibility index (Phi) is 5.56. The van der Waals surface area contributed by atoms with Crippen LogP contribution in [-0.4, -0.2) is 14.5 Å². The number of alkyl halides is 2. The first kappa shape index (κ1) is 14.1. The fraction of sp³-hybridized carbons (Fsp3) is 1.00. The van der Waals surface area contributed by atoms with Crippen molar-refractivity contribution in [1.29, 1.82) is 0 Å². The van der Waals surface area contributed by atoms with Crippen LogP contribution in [0, 0.1) is 0 Å². The molecule has 0 aliphatic heterocycles. The van der Waals surface area contributed by atoms with Crippen molar-refractivity contribution >= 4 is 110 Å². The van der Waals surface area contributed by atoms with Crippen molar-refractivity contribution in [2.45, 2.75) is 2.48 Å². The van der Waals surface area contributed by atoms with Crippen LogP contribution in [0.3, 0.4) is 0 Å². The molecule has 0 saturated carbocycles. The van der Waals surface area contributed by atoms with Gasteiger partial charge in [-0.2, -0.15) is 0 Å². The third-order valence-corrected chi connectivity index (χ3v) is 27.7. The lowest BCUT2D eigenvalue weighted by molar-refractivity contribution is 1.82. The van der Waals surface area contributed by atoms with Gasteiger partial charge in [0.05, 0.1) is 0 Å². The monoisotopic (exact) mass is 436 g/mol. The smallest absolute Gasteiger partial charge is 0.124 e. The normalized spacial score (nSPS) is 15.3.